The smallest absolute Gasteiger partial charge is 0.378 e. The van der Waals surface area contributed by atoms with E-state index in [1.807, 2.05) is 13.8 Å². The second-order valence-electron chi connectivity index (χ2n) is 9.48. The number of aryl methyl sites for hydroxylation is 1. The van der Waals surface area contributed by atoms with Gasteiger partial charge in [0, 0.05) is 24.3 Å². The van der Waals surface area contributed by atoms with Crippen molar-refractivity contribution in [3.63, 3.8) is 0 Å². The first-order valence-corrected chi connectivity index (χ1v) is 12.8. The highest BCUT2D eigenvalue weighted by Gasteiger charge is 2.37. The molecule has 13 heteroatoms. The number of hydrogen-bond acceptors (Lipinski definition) is 8. The van der Waals surface area contributed by atoms with Gasteiger partial charge in [0.25, 0.3) is 11.5 Å². The number of H-pyrrole nitrogens is 1. The van der Waals surface area contributed by atoms with E-state index < -0.39 is 23.5 Å². The van der Waals surface area contributed by atoms with E-state index in [9.17, 15) is 22.8 Å². The largest absolute Gasteiger partial charge is 0.433 e. The van der Waals surface area contributed by atoms with Crippen LogP contribution < -0.4 is 10.9 Å². The number of amides is 1. The van der Waals surface area contributed by atoms with Crippen molar-refractivity contribution in [1.82, 2.24) is 24.8 Å². The number of rotatable bonds is 4. The van der Waals surface area contributed by atoms with Gasteiger partial charge in [-0.05, 0) is 52.0 Å². The Morgan fingerprint density at radius 1 is 1.18 bits per heavy atom. The first-order chi connectivity index (χ1) is 17.9. The Hall–Kier alpha value is -3.58. The molecule has 3 aromatic heterocycles. The Morgan fingerprint density at radius 2 is 1.89 bits per heavy atom. The van der Waals surface area contributed by atoms with Crippen molar-refractivity contribution < 1.29 is 22.7 Å². The summed E-state index contributed by atoms with van der Waals surface area (Å²) in [6.07, 6.45) is -4.89. The molecule has 1 aliphatic heterocycles. The van der Waals surface area contributed by atoms with E-state index in [0.717, 1.165) is 0 Å². The van der Waals surface area contributed by atoms with Gasteiger partial charge in [-0.2, -0.15) is 13.2 Å². The number of thiazole rings is 1. The molecule has 1 fully saturated rings. The third-order valence-electron chi connectivity index (χ3n) is 6.24. The molecule has 4 heterocycles. The Balaban J connectivity index is 1.44. The minimum Gasteiger partial charge on any atom is -0.378 e. The second kappa shape index (κ2) is 9.62. The average Bonchev–Trinajstić information content (AvgIpc) is 3.25. The van der Waals surface area contributed by atoms with Gasteiger partial charge in [-0.25, -0.2) is 15.0 Å². The average molecular weight is 547 g/mol. The number of ether oxygens (including phenoxy) is 1. The minimum absolute atomic E-state index is 0.0277. The summed E-state index contributed by atoms with van der Waals surface area (Å²) in [7, 11) is 0. The molecule has 0 bridgehead atoms. The molecule has 9 nitrogen and oxygen atoms in total. The quantitative estimate of drug-likeness (QED) is 0.382. The van der Waals surface area contributed by atoms with Gasteiger partial charge < -0.3 is 19.9 Å². The molecule has 1 saturated heterocycles. The number of aromatic amines is 1. The summed E-state index contributed by atoms with van der Waals surface area (Å²) in [5.74, 6) is -0.00222. The standard InChI is InChI=1S/C25H25F3N6O3S/c1-11-9-34(10-12(2)37-11)24(36)23-32-18-6-5-15(7-19(18)38-23)29-13(3)16-8-17-21(30-14(4)31-22(17)35)33-20(16)25(26,27)28/h5-8,11-13,29H,9-10H2,1-4H3,(H,30,31,33,35). The molecule has 1 aliphatic rings. The summed E-state index contributed by atoms with van der Waals surface area (Å²) in [6.45, 7) is 7.81. The van der Waals surface area contributed by atoms with Gasteiger partial charge in [-0.15, -0.1) is 11.3 Å². The summed E-state index contributed by atoms with van der Waals surface area (Å²) >= 11 is 1.22. The first kappa shape index (κ1) is 26.0. The summed E-state index contributed by atoms with van der Waals surface area (Å²) in [5.41, 5.74) is -0.968. The molecule has 3 atom stereocenters. The van der Waals surface area contributed by atoms with Crippen LogP contribution >= 0.6 is 11.3 Å². The molecule has 4 aromatic rings. The van der Waals surface area contributed by atoms with Crippen LogP contribution in [0.5, 0.6) is 0 Å². The van der Waals surface area contributed by atoms with E-state index in [1.54, 1.807) is 30.0 Å². The molecule has 1 aromatic carbocycles. The van der Waals surface area contributed by atoms with Crippen molar-refractivity contribution in [2.45, 2.75) is 52.1 Å². The van der Waals surface area contributed by atoms with Crippen molar-refractivity contribution in [3.05, 3.63) is 56.7 Å². The molecule has 0 aliphatic carbocycles. The van der Waals surface area contributed by atoms with E-state index >= 15 is 0 Å². The molecular weight excluding hydrogens is 521 g/mol. The number of benzene rings is 1. The maximum absolute atomic E-state index is 13.9. The number of carbonyl (C=O) groups excluding carboxylic acids is 1. The topological polar surface area (TPSA) is 113 Å². The van der Waals surface area contributed by atoms with Crippen molar-refractivity contribution in [2.75, 3.05) is 18.4 Å². The monoisotopic (exact) mass is 546 g/mol. The number of alkyl halides is 3. The van der Waals surface area contributed by atoms with Gasteiger partial charge in [-0.3, -0.25) is 9.59 Å². The van der Waals surface area contributed by atoms with E-state index in [4.69, 9.17) is 4.74 Å². The highest BCUT2D eigenvalue weighted by atomic mass is 32.1. The second-order valence-corrected chi connectivity index (χ2v) is 10.5. The highest BCUT2D eigenvalue weighted by molar-refractivity contribution is 7.20. The molecule has 38 heavy (non-hydrogen) atoms. The van der Waals surface area contributed by atoms with Crippen LogP contribution in [0.1, 0.15) is 53.7 Å². The van der Waals surface area contributed by atoms with Crippen LogP contribution in [0.25, 0.3) is 21.3 Å². The minimum atomic E-state index is -4.75. The van der Waals surface area contributed by atoms with Crippen LogP contribution in [-0.4, -0.2) is 56.0 Å². The third kappa shape index (κ3) is 5.07. The molecule has 2 N–H and O–H groups in total. The van der Waals surface area contributed by atoms with Crippen molar-refractivity contribution in [2.24, 2.45) is 0 Å². The predicted octanol–water partition coefficient (Wildman–Crippen LogP) is 4.68. The highest BCUT2D eigenvalue weighted by Crippen LogP contribution is 2.36. The number of nitrogens with one attached hydrogen (secondary N) is 2. The number of anilines is 1. The Morgan fingerprint density at radius 3 is 2.58 bits per heavy atom. The van der Waals surface area contributed by atoms with E-state index in [0.29, 0.717) is 34.0 Å². The maximum Gasteiger partial charge on any atom is 0.433 e. The van der Waals surface area contributed by atoms with E-state index in [2.05, 4.69) is 25.3 Å². The Labute approximate surface area is 219 Å². The van der Waals surface area contributed by atoms with Crippen molar-refractivity contribution in [1.29, 1.82) is 0 Å². The van der Waals surface area contributed by atoms with E-state index in [1.165, 1.54) is 24.3 Å². The number of aromatic nitrogens is 4. The van der Waals surface area contributed by atoms with Gasteiger partial charge in [0.15, 0.2) is 16.3 Å². The van der Waals surface area contributed by atoms with Gasteiger partial charge in [0.05, 0.1) is 33.9 Å². The van der Waals surface area contributed by atoms with Crippen LogP contribution in [0, 0.1) is 6.92 Å². The molecular formula is C25H25F3N6O3S. The molecule has 0 radical (unpaired) electrons. The first-order valence-electron chi connectivity index (χ1n) is 12.0. The third-order valence-corrected chi connectivity index (χ3v) is 7.25. The van der Waals surface area contributed by atoms with Crippen molar-refractivity contribution >= 4 is 44.2 Å². The number of morpholine rings is 1. The lowest BCUT2D eigenvalue weighted by Crippen LogP contribution is -2.48. The predicted molar refractivity (Wildman–Crippen MR) is 137 cm³/mol. The Kier molecular flexibility index (Phi) is 6.59. The molecule has 0 spiro atoms. The lowest BCUT2D eigenvalue weighted by molar-refractivity contribution is -0.141. The van der Waals surface area contributed by atoms with Crippen LogP contribution in [0.3, 0.4) is 0 Å². The zero-order valence-electron chi connectivity index (χ0n) is 21.0. The SMILES string of the molecule is Cc1nc2nc(C(F)(F)F)c(C(C)Nc3ccc4nc(C(=O)N5CC(C)OC(C)C5)sc4c3)cc2c(=O)[nH]1. The summed E-state index contributed by atoms with van der Waals surface area (Å²) in [6, 6.07) is 5.46. The summed E-state index contributed by atoms with van der Waals surface area (Å²) in [4.78, 5) is 41.8. The van der Waals surface area contributed by atoms with Crippen LogP contribution in [0.4, 0.5) is 18.9 Å². The van der Waals surface area contributed by atoms with Crippen LogP contribution in [0.15, 0.2) is 29.1 Å². The fraction of sp³-hybridized carbons (Fsp3) is 0.400. The van der Waals surface area contributed by atoms with Gasteiger partial charge in [-0.1, -0.05) is 0 Å². The number of halogens is 3. The maximum atomic E-state index is 13.9. The Bertz CT molecular complexity index is 1590. The molecule has 1 amide bonds. The zero-order chi connectivity index (χ0) is 27.4. The van der Waals surface area contributed by atoms with E-state index in [-0.39, 0.29) is 40.5 Å². The lowest BCUT2D eigenvalue weighted by Gasteiger charge is -2.34. The molecule has 3 unspecified atom stereocenters. The number of pyridine rings is 1. The summed E-state index contributed by atoms with van der Waals surface area (Å²) in [5, 5.41) is 3.38. The lowest BCUT2D eigenvalue weighted by atomic mass is 10.0. The summed E-state index contributed by atoms with van der Waals surface area (Å²) < 4.78 is 48.1. The normalized spacial score (nSPS) is 19.2. The van der Waals surface area contributed by atoms with Gasteiger partial charge in [0.1, 0.15) is 5.82 Å². The van der Waals surface area contributed by atoms with Gasteiger partial charge in [0.2, 0.25) is 0 Å². The molecule has 200 valence electrons. The number of hydrogen-bond donors (Lipinski definition) is 2. The fourth-order valence-electron chi connectivity index (χ4n) is 4.66. The van der Waals surface area contributed by atoms with Crippen molar-refractivity contribution in [3.8, 4) is 0 Å². The van der Waals surface area contributed by atoms with Gasteiger partial charge >= 0.3 is 6.18 Å². The van der Waals surface area contributed by atoms with Crippen LogP contribution in [0.2, 0.25) is 0 Å². The molecule has 0 saturated carbocycles. The number of carbonyl (C=O) groups is 1. The number of fused-ring (bicyclic) bond motifs is 2. The van der Waals surface area contributed by atoms with Crippen LogP contribution in [-0.2, 0) is 10.9 Å². The molecule has 5 rings (SSSR count). The fourth-order valence-corrected chi connectivity index (χ4v) is 5.63. The zero-order valence-corrected chi connectivity index (χ0v) is 21.8. The number of nitrogens with zero attached hydrogens (tertiary/aromatic N) is 4.